The van der Waals surface area contributed by atoms with E-state index in [1.807, 2.05) is 6.92 Å². The fourth-order valence-corrected chi connectivity index (χ4v) is 4.11. The standard InChI is InChI=1S/C18H25F6N6O6P/c1-3-4-5-6-35-15(31)27-13-12-14(26-10-25-13)30(29-28-12)7-11(2)36-9-16(18(22,23)24,37(32,33)34)8-17(19,20)21/h10-11H,3-9H2,1-2H3,(H2,32,33,34)(H,25,26,27,31)/t11?,16-/m1/s1. The van der Waals surface area contributed by atoms with Gasteiger partial charge in [0.05, 0.1) is 32.3 Å². The summed E-state index contributed by atoms with van der Waals surface area (Å²) in [4.78, 5) is 38.2. The third kappa shape index (κ3) is 7.96. The van der Waals surface area contributed by atoms with Crippen LogP contribution in [0.1, 0.15) is 39.5 Å². The molecule has 0 radical (unpaired) electrons. The van der Waals surface area contributed by atoms with Gasteiger partial charge >= 0.3 is 26.0 Å². The summed E-state index contributed by atoms with van der Waals surface area (Å²) in [6.45, 7) is 0.892. The highest BCUT2D eigenvalue weighted by Gasteiger charge is 2.69. The first-order chi connectivity index (χ1) is 17.0. The van der Waals surface area contributed by atoms with Crippen LogP contribution in [-0.2, 0) is 20.6 Å². The fourth-order valence-electron chi connectivity index (χ4n) is 3.15. The normalized spacial score (nSPS) is 15.4. The summed E-state index contributed by atoms with van der Waals surface area (Å²) in [5.74, 6) is -0.0897. The van der Waals surface area contributed by atoms with Crippen LogP contribution in [0, 0.1) is 0 Å². The maximum Gasteiger partial charge on any atom is 0.412 e. The lowest BCUT2D eigenvalue weighted by molar-refractivity contribution is -0.224. The Morgan fingerprint density at radius 3 is 2.43 bits per heavy atom. The van der Waals surface area contributed by atoms with Crippen LogP contribution in [0.4, 0.5) is 37.0 Å². The van der Waals surface area contributed by atoms with Crippen LogP contribution in [0.5, 0.6) is 0 Å². The van der Waals surface area contributed by atoms with Crippen molar-refractivity contribution < 1.29 is 55.0 Å². The number of anilines is 1. The Kier molecular flexibility index (Phi) is 9.84. The van der Waals surface area contributed by atoms with Gasteiger partial charge in [-0.05, 0) is 13.3 Å². The van der Waals surface area contributed by atoms with Gasteiger partial charge in [-0.3, -0.25) is 9.88 Å². The van der Waals surface area contributed by atoms with Gasteiger partial charge < -0.3 is 19.3 Å². The van der Waals surface area contributed by atoms with E-state index in [0.29, 0.717) is 6.42 Å². The molecule has 2 heterocycles. The lowest BCUT2D eigenvalue weighted by Crippen LogP contribution is -2.52. The maximum absolute atomic E-state index is 13.5. The number of hydrogen-bond donors (Lipinski definition) is 3. The van der Waals surface area contributed by atoms with Crippen LogP contribution < -0.4 is 5.32 Å². The zero-order chi connectivity index (χ0) is 28.1. The first-order valence-corrected chi connectivity index (χ1v) is 12.4. The predicted molar refractivity (Wildman–Crippen MR) is 115 cm³/mol. The number of carbonyl (C=O) groups is 1. The molecule has 0 aromatic carbocycles. The van der Waals surface area contributed by atoms with Gasteiger partial charge in [-0.25, -0.2) is 19.4 Å². The third-order valence-electron chi connectivity index (χ3n) is 5.12. The summed E-state index contributed by atoms with van der Waals surface area (Å²) >= 11 is 0. The van der Waals surface area contributed by atoms with Gasteiger partial charge in [0.15, 0.2) is 22.1 Å². The molecule has 1 amide bonds. The average molecular weight is 566 g/mol. The van der Waals surface area contributed by atoms with Crippen molar-refractivity contribution >= 4 is 30.7 Å². The Labute approximate surface area is 205 Å². The summed E-state index contributed by atoms with van der Waals surface area (Å²) in [5, 5.41) is 5.35. The number of carbonyl (C=O) groups excluding carboxylic acids is 1. The van der Waals surface area contributed by atoms with E-state index in [4.69, 9.17) is 9.47 Å². The molecule has 37 heavy (non-hydrogen) atoms. The van der Waals surface area contributed by atoms with Crippen LogP contribution in [0.15, 0.2) is 6.33 Å². The third-order valence-corrected chi connectivity index (χ3v) is 6.77. The molecule has 2 aromatic heterocycles. The van der Waals surface area contributed by atoms with E-state index < -0.39 is 56.9 Å². The minimum atomic E-state index is -6.40. The Morgan fingerprint density at radius 1 is 1.19 bits per heavy atom. The number of nitrogens with one attached hydrogen (secondary N) is 1. The van der Waals surface area contributed by atoms with Gasteiger partial charge in [-0.2, -0.15) is 26.3 Å². The Morgan fingerprint density at radius 2 is 1.86 bits per heavy atom. The molecule has 1 unspecified atom stereocenters. The molecule has 0 bridgehead atoms. The molecule has 0 saturated carbocycles. The molecule has 0 aliphatic carbocycles. The monoisotopic (exact) mass is 566 g/mol. The number of unbranched alkanes of at least 4 members (excludes halogenated alkanes) is 2. The predicted octanol–water partition coefficient (Wildman–Crippen LogP) is 3.80. The van der Waals surface area contributed by atoms with Crippen molar-refractivity contribution in [3.8, 4) is 0 Å². The summed E-state index contributed by atoms with van der Waals surface area (Å²) in [7, 11) is -6.40. The Hall–Kier alpha value is -2.56. The van der Waals surface area contributed by atoms with Crippen LogP contribution >= 0.6 is 7.60 Å². The zero-order valence-electron chi connectivity index (χ0n) is 19.6. The van der Waals surface area contributed by atoms with E-state index in [1.54, 1.807) is 0 Å². The molecule has 2 aromatic rings. The Bertz CT molecular complexity index is 1110. The minimum Gasteiger partial charge on any atom is -0.449 e. The molecule has 0 aliphatic heterocycles. The number of amides is 1. The van der Waals surface area contributed by atoms with Crippen LogP contribution in [0.2, 0.25) is 0 Å². The van der Waals surface area contributed by atoms with E-state index in [1.165, 1.54) is 0 Å². The highest BCUT2D eigenvalue weighted by molar-refractivity contribution is 7.53. The largest absolute Gasteiger partial charge is 0.449 e. The molecule has 12 nitrogen and oxygen atoms in total. The molecule has 3 N–H and O–H groups in total. The van der Waals surface area contributed by atoms with E-state index in [-0.39, 0.29) is 23.6 Å². The molecule has 2 rings (SSSR count). The number of aromatic nitrogens is 5. The molecule has 19 heteroatoms. The molecule has 0 fully saturated rings. The minimum absolute atomic E-state index is 0.0147. The van der Waals surface area contributed by atoms with Gasteiger partial charge in [0.1, 0.15) is 6.33 Å². The number of halogens is 6. The molecular formula is C18H25F6N6O6P. The second kappa shape index (κ2) is 11.9. The molecular weight excluding hydrogens is 541 g/mol. The van der Waals surface area contributed by atoms with Crippen LogP contribution in [0.3, 0.4) is 0 Å². The first kappa shape index (κ1) is 30.7. The average Bonchev–Trinajstić information content (AvgIpc) is 3.15. The molecule has 2 atom stereocenters. The van der Waals surface area contributed by atoms with E-state index >= 15 is 0 Å². The topological polar surface area (TPSA) is 162 Å². The molecule has 0 aliphatic rings. The van der Waals surface area contributed by atoms with Crippen LogP contribution in [0.25, 0.3) is 11.2 Å². The van der Waals surface area contributed by atoms with Crippen molar-refractivity contribution in [2.45, 2.75) is 69.7 Å². The van der Waals surface area contributed by atoms with Gasteiger partial charge in [-0.1, -0.05) is 25.0 Å². The summed E-state index contributed by atoms with van der Waals surface area (Å²) in [5.41, 5.74) is -0.0452. The van der Waals surface area contributed by atoms with Crippen molar-refractivity contribution in [1.82, 2.24) is 25.0 Å². The van der Waals surface area contributed by atoms with Crippen LogP contribution in [-0.4, -0.2) is 77.7 Å². The summed E-state index contributed by atoms with van der Waals surface area (Å²) < 4.78 is 102. The SMILES string of the molecule is CCCCCOC(=O)Nc1ncnc2c1nnn2CC(C)OC[C@](CC(F)(F)F)(C(F)(F)F)P(=O)(O)O. The number of rotatable bonds is 12. The lowest BCUT2D eigenvalue weighted by Gasteiger charge is -2.36. The van der Waals surface area contributed by atoms with Crippen molar-refractivity contribution in [1.29, 1.82) is 0 Å². The number of alkyl halides is 6. The van der Waals surface area contributed by atoms with Crippen molar-refractivity contribution in [2.75, 3.05) is 18.5 Å². The summed E-state index contributed by atoms with van der Waals surface area (Å²) in [6, 6.07) is 0. The van der Waals surface area contributed by atoms with Gasteiger partial charge in [-0.15, -0.1) is 5.10 Å². The van der Waals surface area contributed by atoms with E-state index in [9.17, 15) is 45.5 Å². The van der Waals surface area contributed by atoms with E-state index in [0.717, 1.165) is 30.8 Å². The maximum atomic E-state index is 13.5. The van der Waals surface area contributed by atoms with E-state index in [2.05, 4.69) is 25.6 Å². The molecule has 0 spiro atoms. The number of ether oxygens (including phenoxy) is 2. The van der Waals surface area contributed by atoms with Gasteiger partial charge in [0, 0.05) is 0 Å². The summed E-state index contributed by atoms with van der Waals surface area (Å²) in [6.07, 6.45) is -13.1. The second-order valence-corrected chi connectivity index (χ2v) is 10.1. The highest BCUT2D eigenvalue weighted by atomic mass is 31.2. The number of nitrogens with zero attached hydrogens (tertiary/aromatic N) is 5. The fraction of sp³-hybridized carbons (Fsp3) is 0.722. The van der Waals surface area contributed by atoms with Gasteiger partial charge in [0.2, 0.25) is 0 Å². The second-order valence-electron chi connectivity index (χ2n) is 8.12. The number of fused-ring (bicyclic) bond motifs is 1. The smallest absolute Gasteiger partial charge is 0.412 e. The highest BCUT2D eigenvalue weighted by Crippen LogP contribution is 2.62. The molecule has 210 valence electrons. The number of hydrogen-bond acceptors (Lipinski definition) is 8. The van der Waals surface area contributed by atoms with Crippen molar-refractivity contribution in [3.63, 3.8) is 0 Å². The first-order valence-electron chi connectivity index (χ1n) is 10.8. The Balaban J connectivity index is 2.17. The van der Waals surface area contributed by atoms with Crippen molar-refractivity contribution in [3.05, 3.63) is 6.33 Å². The quantitative estimate of drug-likeness (QED) is 0.196. The van der Waals surface area contributed by atoms with Crippen molar-refractivity contribution in [2.24, 2.45) is 0 Å². The zero-order valence-corrected chi connectivity index (χ0v) is 20.5. The van der Waals surface area contributed by atoms with Gasteiger partial charge in [0.25, 0.3) is 0 Å². The lowest BCUT2D eigenvalue weighted by atomic mass is 10.0. The molecule has 0 saturated heterocycles.